The van der Waals surface area contributed by atoms with Gasteiger partial charge in [0.2, 0.25) is 5.91 Å². The SMILES string of the molecule is COc1ccc(-c2csc(NC(=O)C3COc4ccccc4C3)n2)cc1Cl. The van der Waals surface area contributed by atoms with Crippen LogP contribution in [0.4, 0.5) is 5.13 Å². The second-order valence-electron chi connectivity index (χ2n) is 6.20. The fourth-order valence-corrected chi connectivity index (χ4v) is 3.97. The summed E-state index contributed by atoms with van der Waals surface area (Å²) >= 11 is 7.56. The molecule has 4 rings (SSSR count). The standard InChI is InChI=1S/C20H17ClN2O3S/c1-25-18-7-6-12(9-15(18)21)16-11-27-20(22-16)23-19(24)14-8-13-4-2-3-5-17(13)26-10-14/h2-7,9,11,14H,8,10H2,1H3,(H,22,23,24). The molecule has 1 aromatic heterocycles. The van der Waals surface area contributed by atoms with Crippen LogP contribution < -0.4 is 14.8 Å². The van der Waals surface area contributed by atoms with E-state index in [9.17, 15) is 4.79 Å². The van der Waals surface area contributed by atoms with Crippen LogP contribution in [0.2, 0.25) is 5.02 Å². The van der Waals surface area contributed by atoms with Crippen molar-refractivity contribution in [3.63, 3.8) is 0 Å². The van der Waals surface area contributed by atoms with Crippen molar-refractivity contribution in [2.24, 2.45) is 5.92 Å². The van der Waals surface area contributed by atoms with Crippen molar-refractivity contribution in [1.82, 2.24) is 4.98 Å². The number of benzene rings is 2. The Hall–Kier alpha value is -2.57. The lowest BCUT2D eigenvalue weighted by molar-refractivity contribution is -0.121. The molecule has 1 unspecified atom stereocenters. The number of amides is 1. The number of nitrogens with one attached hydrogen (secondary N) is 1. The molecule has 0 radical (unpaired) electrons. The molecule has 2 heterocycles. The summed E-state index contributed by atoms with van der Waals surface area (Å²) in [6.07, 6.45) is 0.661. The van der Waals surface area contributed by atoms with Crippen molar-refractivity contribution in [3.8, 4) is 22.8 Å². The molecule has 1 N–H and O–H groups in total. The molecule has 7 heteroatoms. The smallest absolute Gasteiger partial charge is 0.233 e. The molecule has 1 amide bonds. The summed E-state index contributed by atoms with van der Waals surface area (Å²) in [5.41, 5.74) is 2.68. The lowest BCUT2D eigenvalue weighted by Gasteiger charge is -2.24. The van der Waals surface area contributed by atoms with E-state index in [-0.39, 0.29) is 11.8 Å². The van der Waals surface area contributed by atoms with Gasteiger partial charge in [-0.1, -0.05) is 29.8 Å². The number of thiazole rings is 1. The maximum absolute atomic E-state index is 12.6. The van der Waals surface area contributed by atoms with Gasteiger partial charge in [-0.05, 0) is 36.2 Å². The summed E-state index contributed by atoms with van der Waals surface area (Å²) in [5, 5.41) is 5.87. The third-order valence-corrected chi connectivity index (χ3v) is 5.48. The number of carbonyl (C=O) groups is 1. The first-order chi connectivity index (χ1) is 13.1. The molecule has 0 aliphatic carbocycles. The van der Waals surface area contributed by atoms with E-state index >= 15 is 0 Å². The predicted octanol–water partition coefficient (Wildman–Crippen LogP) is 4.66. The zero-order chi connectivity index (χ0) is 18.8. The van der Waals surface area contributed by atoms with Crippen LogP contribution in [-0.2, 0) is 11.2 Å². The highest BCUT2D eigenvalue weighted by Gasteiger charge is 2.26. The van der Waals surface area contributed by atoms with E-state index in [1.165, 1.54) is 11.3 Å². The Balaban J connectivity index is 1.45. The average Bonchev–Trinajstić information content (AvgIpc) is 3.16. The monoisotopic (exact) mass is 400 g/mol. The van der Waals surface area contributed by atoms with E-state index in [1.54, 1.807) is 19.2 Å². The molecule has 0 spiro atoms. The van der Waals surface area contributed by atoms with Crippen LogP contribution in [0.25, 0.3) is 11.3 Å². The lowest BCUT2D eigenvalue weighted by Crippen LogP contribution is -2.32. The van der Waals surface area contributed by atoms with E-state index in [0.29, 0.717) is 28.9 Å². The van der Waals surface area contributed by atoms with E-state index < -0.39 is 0 Å². The van der Waals surface area contributed by atoms with Crippen LogP contribution in [0.15, 0.2) is 47.8 Å². The van der Waals surface area contributed by atoms with Crippen molar-refractivity contribution in [2.45, 2.75) is 6.42 Å². The number of ether oxygens (including phenoxy) is 2. The van der Waals surface area contributed by atoms with Crippen molar-refractivity contribution >= 4 is 34.0 Å². The zero-order valence-corrected chi connectivity index (χ0v) is 16.1. The zero-order valence-electron chi connectivity index (χ0n) is 14.6. The number of anilines is 1. The first-order valence-electron chi connectivity index (χ1n) is 8.45. The molecule has 1 aliphatic heterocycles. The van der Waals surface area contributed by atoms with Gasteiger partial charge in [-0.15, -0.1) is 11.3 Å². The summed E-state index contributed by atoms with van der Waals surface area (Å²) in [6.45, 7) is 0.370. The minimum Gasteiger partial charge on any atom is -0.495 e. The Morgan fingerprint density at radius 1 is 1.33 bits per heavy atom. The molecule has 1 atom stereocenters. The summed E-state index contributed by atoms with van der Waals surface area (Å²) in [4.78, 5) is 17.1. The number of nitrogens with zero attached hydrogens (tertiary/aromatic N) is 1. The van der Waals surface area contributed by atoms with E-state index in [0.717, 1.165) is 22.6 Å². The Bertz CT molecular complexity index is 989. The molecule has 0 saturated carbocycles. The molecule has 5 nitrogen and oxygen atoms in total. The topological polar surface area (TPSA) is 60.5 Å². The van der Waals surface area contributed by atoms with Crippen molar-refractivity contribution in [3.05, 3.63) is 58.4 Å². The van der Waals surface area contributed by atoms with Gasteiger partial charge in [0.1, 0.15) is 18.1 Å². The minimum atomic E-state index is -0.234. The quantitative estimate of drug-likeness (QED) is 0.691. The number of para-hydroxylation sites is 1. The number of methoxy groups -OCH3 is 1. The number of aromatic nitrogens is 1. The van der Waals surface area contributed by atoms with Gasteiger partial charge in [-0.25, -0.2) is 4.98 Å². The van der Waals surface area contributed by atoms with Gasteiger partial charge in [-0.2, -0.15) is 0 Å². The fraction of sp³-hybridized carbons (Fsp3) is 0.200. The van der Waals surface area contributed by atoms with Gasteiger partial charge in [0.25, 0.3) is 0 Å². The molecule has 2 aromatic carbocycles. The number of rotatable bonds is 4. The highest BCUT2D eigenvalue weighted by Crippen LogP contribution is 2.32. The van der Waals surface area contributed by atoms with Gasteiger partial charge in [0.15, 0.2) is 5.13 Å². The minimum absolute atomic E-state index is 0.0850. The number of halogens is 1. The summed E-state index contributed by atoms with van der Waals surface area (Å²) in [5.74, 6) is 1.15. The molecule has 1 aliphatic rings. The highest BCUT2D eigenvalue weighted by molar-refractivity contribution is 7.14. The largest absolute Gasteiger partial charge is 0.495 e. The third kappa shape index (κ3) is 3.77. The lowest BCUT2D eigenvalue weighted by atomic mass is 9.96. The van der Waals surface area contributed by atoms with Crippen LogP contribution in [0.3, 0.4) is 0 Å². The first kappa shape index (κ1) is 17.8. The van der Waals surface area contributed by atoms with Crippen LogP contribution in [0, 0.1) is 5.92 Å². The normalized spacial score (nSPS) is 15.6. The predicted molar refractivity (Wildman–Crippen MR) is 107 cm³/mol. The summed E-state index contributed by atoms with van der Waals surface area (Å²) in [7, 11) is 1.57. The van der Waals surface area contributed by atoms with Gasteiger partial charge in [0, 0.05) is 10.9 Å². The van der Waals surface area contributed by atoms with Gasteiger partial charge >= 0.3 is 0 Å². The first-order valence-corrected chi connectivity index (χ1v) is 9.71. The number of fused-ring (bicyclic) bond motifs is 1. The Kier molecular flexibility index (Phi) is 5.01. The number of carbonyl (C=O) groups excluding carboxylic acids is 1. The Morgan fingerprint density at radius 3 is 3.00 bits per heavy atom. The van der Waals surface area contributed by atoms with E-state index in [2.05, 4.69) is 10.3 Å². The van der Waals surface area contributed by atoms with Crippen molar-refractivity contribution < 1.29 is 14.3 Å². The maximum Gasteiger partial charge on any atom is 0.233 e. The Labute approximate surface area is 165 Å². The van der Waals surface area contributed by atoms with Gasteiger partial charge < -0.3 is 14.8 Å². The van der Waals surface area contributed by atoms with Crippen LogP contribution in [0.1, 0.15) is 5.56 Å². The summed E-state index contributed by atoms with van der Waals surface area (Å²) in [6, 6.07) is 13.3. The number of hydrogen-bond donors (Lipinski definition) is 1. The fourth-order valence-electron chi connectivity index (χ4n) is 2.99. The van der Waals surface area contributed by atoms with E-state index in [4.69, 9.17) is 21.1 Å². The van der Waals surface area contributed by atoms with Gasteiger partial charge in [-0.3, -0.25) is 4.79 Å². The van der Waals surface area contributed by atoms with Gasteiger partial charge in [0.05, 0.1) is 23.7 Å². The molecule has 3 aromatic rings. The molecule has 0 bridgehead atoms. The van der Waals surface area contributed by atoms with Crippen LogP contribution >= 0.6 is 22.9 Å². The average molecular weight is 401 g/mol. The molecule has 0 fully saturated rings. The molecule has 27 heavy (non-hydrogen) atoms. The summed E-state index contributed by atoms with van der Waals surface area (Å²) < 4.78 is 10.9. The van der Waals surface area contributed by atoms with Crippen LogP contribution in [0.5, 0.6) is 11.5 Å². The van der Waals surface area contributed by atoms with Crippen molar-refractivity contribution in [1.29, 1.82) is 0 Å². The Morgan fingerprint density at radius 2 is 2.19 bits per heavy atom. The second kappa shape index (κ2) is 7.58. The molecular weight excluding hydrogens is 384 g/mol. The molecule has 0 saturated heterocycles. The van der Waals surface area contributed by atoms with E-state index in [1.807, 2.05) is 35.7 Å². The number of hydrogen-bond acceptors (Lipinski definition) is 5. The third-order valence-electron chi connectivity index (χ3n) is 4.43. The van der Waals surface area contributed by atoms with Crippen molar-refractivity contribution in [2.75, 3.05) is 19.0 Å². The molecule has 138 valence electrons. The highest BCUT2D eigenvalue weighted by atomic mass is 35.5. The maximum atomic E-state index is 12.6. The molecular formula is C20H17ClN2O3S. The second-order valence-corrected chi connectivity index (χ2v) is 7.46. The van der Waals surface area contributed by atoms with Crippen LogP contribution in [-0.4, -0.2) is 24.6 Å².